The van der Waals surface area contributed by atoms with Crippen LogP contribution in [-0.4, -0.2) is 32.1 Å². The molecule has 0 unspecified atom stereocenters. The SMILES string of the molecule is CC(C)C[C@H](NCc1cn(-c2cccc(Cl)c2Cl)nn1)C(=O)O. The van der Waals surface area contributed by atoms with Gasteiger partial charge in [0.2, 0.25) is 0 Å². The Balaban J connectivity index is 2.07. The summed E-state index contributed by atoms with van der Waals surface area (Å²) in [4.78, 5) is 11.2. The van der Waals surface area contributed by atoms with Gasteiger partial charge in [0.15, 0.2) is 0 Å². The maximum Gasteiger partial charge on any atom is 0.320 e. The van der Waals surface area contributed by atoms with Gasteiger partial charge in [-0.15, -0.1) is 5.10 Å². The zero-order valence-electron chi connectivity index (χ0n) is 12.8. The highest BCUT2D eigenvalue weighted by Gasteiger charge is 2.18. The molecule has 0 radical (unpaired) electrons. The van der Waals surface area contributed by atoms with Gasteiger partial charge in [-0.3, -0.25) is 10.1 Å². The van der Waals surface area contributed by atoms with E-state index in [2.05, 4.69) is 15.6 Å². The number of rotatable bonds is 7. The third-order valence-corrected chi connectivity index (χ3v) is 4.06. The standard InChI is InChI=1S/C15H18Cl2N4O2/c1-9(2)6-12(15(22)23)18-7-10-8-21(20-19-10)13-5-3-4-11(16)14(13)17/h3-5,8-9,12,18H,6-7H2,1-2H3,(H,22,23)/t12-/m0/s1. The van der Waals surface area contributed by atoms with Crippen molar-refractivity contribution in [3.63, 3.8) is 0 Å². The van der Waals surface area contributed by atoms with Crippen LogP contribution in [-0.2, 0) is 11.3 Å². The van der Waals surface area contributed by atoms with Crippen LogP contribution in [0, 0.1) is 5.92 Å². The van der Waals surface area contributed by atoms with E-state index in [9.17, 15) is 9.90 Å². The van der Waals surface area contributed by atoms with Crippen molar-refractivity contribution in [2.24, 2.45) is 5.92 Å². The van der Waals surface area contributed by atoms with Crippen LogP contribution in [0.1, 0.15) is 26.0 Å². The second-order valence-electron chi connectivity index (χ2n) is 5.63. The highest BCUT2D eigenvalue weighted by Crippen LogP contribution is 2.27. The number of carboxylic acids is 1. The van der Waals surface area contributed by atoms with E-state index in [-0.39, 0.29) is 5.92 Å². The number of hydrogen-bond acceptors (Lipinski definition) is 4. The molecule has 0 amide bonds. The summed E-state index contributed by atoms with van der Waals surface area (Å²) in [6, 6.07) is 4.62. The summed E-state index contributed by atoms with van der Waals surface area (Å²) in [7, 11) is 0. The largest absolute Gasteiger partial charge is 0.480 e. The second kappa shape index (κ2) is 7.77. The van der Waals surface area contributed by atoms with Gasteiger partial charge in [-0.25, -0.2) is 4.68 Å². The number of hydrogen-bond donors (Lipinski definition) is 2. The van der Waals surface area contributed by atoms with Crippen molar-refractivity contribution in [3.8, 4) is 5.69 Å². The Morgan fingerprint density at radius 1 is 1.39 bits per heavy atom. The molecule has 0 saturated heterocycles. The Bertz CT molecular complexity index is 688. The lowest BCUT2D eigenvalue weighted by Gasteiger charge is -2.15. The molecule has 8 heteroatoms. The molecule has 0 aliphatic heterocycles. The molecule has 0 saturated carbocycles. The molecular weight excluding hydrogens is 339 g/mol. The first-order chi connectivity index (χ1) is 10.9. The Labute approximate surface area is 144 Å². The summed E-state index contributed by atoms with van der Waals surface area (Å²) in [6.45, 7) is 4.27. The first kappa shape index (κ1) is 17.7. The quantitative estimate of drug-likeness (QED) is 0.796. The van der Waals surface area contributed by atoms with Gasteiger partial charge in [0.1, 0.15) is 6.04 Å². The molecule has 6 nitrogen and oxygen atoms in total. The highest BCUT2D eigenvalue weighted by molar-refractivity contribution is 6.43. The number of nitrogens with zero attached hydrogens (tertiary/aromatic N) is 3. The second-order valence-corrected chi connectivity index (χ2v) is 6.41. The summed E-state index contributed by atoms with van der Waals surface area (Å²) in [5.74, 6) is -0.589. The number of carboxylic acid groups (broad SMARTS) is 1. The van der Waals surface area contributed by atoms with Gasteiger partial charge in [0.25, 0.3) is 0 Å². The van der Waals surface area contributed by atoms with Crippen molar-refractivity contribution < 1.29 is 9.90 Å². The van der Waals surface area contributed by atoms with E-state index >= 15 is 0 Å². The number of benzene rings is 1. The molecule has 0 bridgehead atoms. The van der Waals surface area contributed by atoms with Gasteiger partial charge in [-0.05, 0) is 24.5 Å². The summed E-state index contributed by atoms with van der Waals surface area (Å²) in [6.07, 6.45) is 2.24. The lowest BCUT2D eigenvalue weighted by molar-refractivity contribution is -0.140. The predicted octanol–water partition coefficient (Wildman–Crippen LogP) is 3.16. The van der Waals surface area contributed by atoms with Crippen molar-refractivity contribution in [2.45, 2.75) is 32.9 Å². The highest BCUT2D eigenvalue weighted by atomic mass is 35.5. The molecule has 0 aliphatic rings. The van der Waals surface area contributed by atoms with Gasteiger partial charge in [0.05, 0.1) is 27.6 Å². The number of aliphatic carboxylic acids is 1. The van der Waals surface area contributed by atoms with E-state index in [1.807, 2.05) is 13.8 Å². The van der Waals surface area contributed by atoms with Gasteiger partial charge < -0.3 is 5.11 Å². The Morgan fingerprint density at radius 2 is 2.13 bits per heavy atom. The molecule has 0 fully saturated rings. The smallest absolute Gasteiger partial charge is 0.320 e. The fraction of sp³-hybridized carbons (Fsp3) is 0.400. The zero-order valence-corrected chi connectivity index (χ0v) is 14.3. The molecule has 1 heterocycles. The summed E-state index contributed by atoms with van der Waals surface area (Å²) < 4.78 is 1.52. The predicted molar refractivity (Wildman–Crippen MR) is 89.1 cm³/mol. The summed E-state index contributed by atoms with van der Waals surface area (Å²) in [5.41, 5.74) is 1.24. The lowest BCUT2D eigenvalue weighted by Crippen LogP contribution is -2.37. The molecule has 2 N–H and O–H groups in total. The third-order valence-electron chi connectivity index (χ3n) is 3.25. The molecule has 0 spiro atoms. The number of aromatic nitrogens is 3. The van der Waals surface area contributed by atoms with Crippen LogP contribution in [0.4, 0.5) is 0 Å². The molecule has 2 aromatic rings. The normalized spacial score (nSPS) is 12.6. The minimum atomic E-state index is -0.871. The van der Waals surface area contributed by atoms with Crippen molar-refractivity contribution in [1.29, 1.82) is 0 Å². The van der Waals surface area contributed by atoms with Crippen LogP contribution in [0.2, 0.25) is 10.0 Å². The topological polar surface area (TPSA) is 80.0 Å². The average Bonchev–Trinajstić information content (AvgIpc) is 2.94. The maximum atomic E-state index is 11.2. The fourth-order valence-corrected chi connectivity index (χ4v) is 2.52. The Kier molecular flexibility index (Phi) is 5.98. The molecule has 1 aromatic carbocycles. The van der Waals surface area contributed by atoms with E-state index < -0.39 is 12.0 Å². The van der Waals surface area contributed by atoms with Crippen molar-refractivity contribution >= 4 is 29.2 Å². The molecular formula is C15H18Cl2N4O2. The van der Waals surface area contributed by atoms with Crippen LogP contribution < -0.4 is 5.32 Å². The third kappa shape index (κ3) is 4.67. The molecule has 1 atom stereocenters. The first-order valence-electron chi connectivity index (χ1n) is 7.20. The van der Waals surface area contributed by atoms with Gasteiger partial charge in [0, 0.05) is 6.54 Å². The van der Waals surface area contributed by atoms with E-state index in [1.165, 1.54) is 4.68 Å². The molecule has 1 aromatic heterocycles. The van der Waals surface area contributed by atoms with E-state index in [0.717, 1.165) is 0 Å². The fourth-order valence-electron chi connectivity index (χ4n) is 2.14. The van der Waals surface area contributed by atoms with Gasteiger partial charge in [-0.2, -0.15) is 0 Å². The zero-order chi connectivity index (χ0) is 17.0. The monoisotopic (exact) mass is 356 g/mol. The van der Waals surface area contributed by atoms with Crippen LogP contribution in [0.3, 0.4) is 0 Å². The van der Waals surface area contributed by atoms with Crippen LogP contribution in [0.15, 0.2) is 24.4 Å². The Hall–Kier alpha value is -1.63. The molecule has 0 aliphatic carbocycles. The first-order valence-corrected chi connectivity index (χ1v) is 7.96. The number of carbonyl (C=O) groups is 1. The average molecular weight is 357 g/mol. The number of nitrogens with one attached hydrogen (secondary N) is 1. The van der Waals surface area contributed by atoms with Crippen molar-refractivity contribution in [3.05, 3.63) is 40.1 Å². The molecule has 2 rings (SSSR count). The van der Waals surface area contributed by atoms with Crippen molar-refractivity contribution in [2.75, 3.05) is 0 Å². The lowest BCUT2D eigenvalue weighted by atomic mass is 10.0. The van der Waals surface area contributed by atoms with E-state index in [1.54, 1.807) is 24.4 Å². The minimum absolute atomic E-state index is 0.282. The van der Waals surface area contributed by atoms with Gasteiger partial charge >= 0.3 is 5.97 Å². The minimum Gasteiger partial charge on any atom is -0.480 e. The van der Waals surface area contributed by atoms with Crippen LogP contribution in [0.5, 0.6) is 0 Å². The van der Waals surface area contributed by atoms with Crippen molar-refractivity contribution in [1.82, 2.24) is 20.3 Å². The summed E-state index contributed by atoms with van der Waals surface area (Å²) >= 11 is 12.1. The van der Waals surface area contributed by atoms with E-state index in [4.69, 9.17) is 23.2 Å². The maximum absolute atomic E-state index is 11.2. The van der Waals surface area contributed by atoms with E-state index in [0.29, 0.717) is 34.4 Å². The molecule has 124 valence electrons. The van der Waals surface area contributed by atoms with Crippen LogP contribution >= 0.6 is 23.2 Å². The number of halogens is 2. The Morgan fingerprint density at radius 3 is 2.78 bits per heavy atom. The summed E-state index contributed by atoms with van der Waals surface area (Å²) in [5, 5.41) is 21.1. The van der Waals surface area contributed by atoms with Crippen LogP contribution in [0.25, 0.3) is 5.69 Å². The molecule has 23 heavy (non-hydrogen) atoms. The van der Waals surface area contributed by atoms with Gasteiger partial charge in [-0.1, -0.05) is 48.3 Å².